The van der Waals surface area contributed by atoms with Crippen molar-refractivity contribution in [3.63, 3.8) is 0 Å². The van der Waals surface area contributed by atoms with Gasteiger partial charge in [-0.25, -0.2) is 0 Å². The molecule has 8 heavy (non-hydrogen) atoms. The van der Waals surface area contributed by atoms with Crippen LogP contribution < -0.4 is 0 Å². The van der Waals surface area contributed by atoms with Gasteiger partial charge in [0, 0.05) is 0 Å². The molecule has 0 bridgehead atoms. The Morgan fingerprint density at radius 3 is 1.00 bits per heavy atom. The van der Waals surface area contributed by atoms with Gasteiger partial charge >= 0.3 is 32.2 Å². The molecule has 0 aromatic carbocycles. The number of hydrogen-bond acceptors (Lipinski definition) is 1. The molecule has 0 rings (SSSR count). The molecule has 0 heterocycles. The molecule has 1 nitrogen and oxygen atoms in total. The molecule has 46 valence electrons. The van der Waals surface area contributed by atoms with Crippen molar-refractivity contribution in [3.8, 4) is 0 Å². The molecule has 0 fully saturated rings. The molecule has 0 aliphatic rings. The Labute approximate surface area is 50.6 Å². The predicted molar refractivity (Wildman–Crippen MR) is 19.3 cm³/mol. The maximum absolute atomic E-state index is 10.3. The first-order valence-electron chi connectivity index (χ1n) is 1.29. The van der Waals surface area contributed by atoms with E-state index in [4.69, 9.17) is 3.80 Å². The third-order valence-electron chi connectivity index (χ3n) is 0.143. The Morgan fingerprint density at radius 1 is 0.875 bits per heavy atom. The van der Waals surface area contributed by atoms with Crippen molar-refractivity contribution in [2.75, 3.05) is 0 Å². The van der Waals surface area contributed by atoms with Crippen LogP contribution in [0, 0.1) is 0 Å². The zero-order valence-corrected chi connectivity index (χ0v) is 5.04. The van der Waals surface area contributed by atoms with E-state index in [2.05, 4.69) is 0 Å². The van der Waals surface area contributed by atoms with Crippen molar-refractivity contribution in [3.05, 3.63) is 12.2 Å². The second-order valence-corrected chi connectivity index (χ2v) is 0.521. The molecule has 0 unspecified atom stereocenters. The first-order chi connectivity index (χ1) is 3.64. The first-order valence-corrected chi connectivity index (χ1v) is 1.87. The summed E-state index contributed by atoms with van der Waals surface area (Å²) < 4.78 is 49.4. The van der Waals surface area contributed by atoms with Crippen LogP contribution in [-0.4, -0.2) is 16.2 Å². The van der Waals surface area contributed by atoms with Crippen LogP contribution in [0.1, 0.15) is 0 Å². The summed E-state index contributed by atoms with van der Waals surface area (Å²) in [4.78, 5) is 0. The second kappa shape index (κ2) is 6.79. The van der Waals surface area contributed by atoms with Crippen molar-refractivity contribution < 1.29 is 21.4 Å². The van der Waals surface area contributed by atoms with Crippen LogP contribution in [0.3, 0.4) is 0 Å². The van der Waals surface area contributed by atoms with E-state index >= 15 is 0 Å². The van der Waals surface area contributed by atoms with Gasteiger partial charge < -0.3 is 0 Å². The molecule has 0 saturated heterocycles. The normalized spacial score (nSPS) is 6.38. The standard InChI is InChI=1S/C2F4.Al.O.H/c3-1(4)2(5)6;;;. The third-order valence-corrected chi connectivity index (χ3v) is 0.143. The molecule has 0 aromatic rings. The molecule has 0 saturated carbocycles. The maximum atomic E-state index is 10.3. The Morgan fingerprint density at radius 2 is 1.00 bits per heavy atom. The molecule has 0 spiro atoms. The molecular weight excluding hydrogens is 143 g/mol. The summed E-state index contributed by atoms with van der Waals surface area (Å²) >= 11 is 0.611. The van der Waals surface area contributed by atoms with E-state index in [-0.39, 0.29) is 0 Å². The van der Waals surface area contributed by atoms with Crippen LogP contribution >= 0.6 is 0 Å². The number of halogens is 4. The van der Waals surface area contributed by atoms with E-state index in [0.29, 0.717) is 16.2 Å². The third kappa shape index (κ3) is 9.25. The van der Waals surface area contributed by atoms with E-state index in [9.17, 15) is 17.6 Å². The fourth-order valence-corrected chi connectivity index (χ4v) is 0. The van der Waals surface area contributed by atoms with E-state index in [1.807, 2.05) is 0 Å². The van der Waals surface area contributed by atoms with Crippen molar-refractivity contribution in [1.82, 2.24) is 0 Å². The molecule has 0 atom stereocenters. The van der Waals surface area contributed by atoms with E-state index in [1.165, 1.54) is 0 Å². The van der Waals surface area contributed by atoms with Crippen LogP contribution in [0.25, 0.3) is 0 Å². The molecule has 0 N–H and O–H groups in total. The summed E-state index contributed by atoms with van der Waals surface area (Å²) in [5, 5.41) is 0. The quantitative estimate of drug-likeness (QED) is 0.369. The number of hydrogen-bond donors (Lipinski definition) is 0. The molecule has 0 aliphatic carbocycles. The van der Waals surface area contributed by atoms with Crippen LogP contribution in [0.4, 0.5) is 17.6 Å². The molecular formula is C2HAlF4O. The summed E-state index contributed by atoms with van der Waals surface area (Å²) in [7, 11) is 0. The summed E-state index contributed by atoms with van der Waals surface area (Å²) in [6.07, 6.45) is -5.81. The first kappa shape index (κ1) is 10.7. The average molecular weight is 144 g/mol. The molecule has 0 radical (unpaired) electrons. The van der Waals surface area contributed by atoms with Crippen molar-refractivity contribution in [1.29, 1.82) is 0 Å². The minimum absolute atomic E-state index is 0.611. The van der Waals surface area contributed by atoms with Gasteiger partial charge in [0.05, 0.1) is 0 Å². The summed E-state index contributed by atoms with van der Waals surface area (Å²) in [6, 6.07) is 0. The zero-order valence-electron chi connectivity index (χ0n) is 3.63. The Kier molecular flexibility index (Phi) is 9.10. The fraction of sp³-hybridized carbons (Fsp3) is 0. The zero-order chi connectivity index (χ0) is 7.15. The monoisotopic (exact) mass is 144 g/mol. The van der Waals surface area contributed by atoms with Gasteiger partial charge in [-0.15, -0.1) is 0 Å². The van der Waals surface area contributed by atoms with Gasteiger partial charge in [-0.05, 0) is 0 Å². The Hall–Kier alpha value is -0.208. The fourth-order valence-electron chi connectivity index (χ4n) is 0. The van der Waals surface area contributed by atoms with E-state index < -0.39 is 12.2 Å². The molecule has 6 heteroatoms. The summed E-state index contributed by atoms with van der Waals surface area (Å²) in [5.74, 6) is 0. The van der Waals surface area contributed by atoms with E-state index in [0.717, 1.165) is 0 Å². The summed E-state index contributed by atoms with van der Waals surface area (Å²) in [5.41, 5.74) is 0. The minimum atomic E-state index is -2.91. The van der Waals surface area contributed by atoms with Gasteiger partial charge in [-0.1, -0.05) is 0 Å². The van der Waals surface area contributed by atoms with Gasteiger partial charge in [0.25, 0.3) is 0 Å². The predicted octanol–water partition coefficient (Wildman–Crippen LogP) is 1.22. The van der Waals surface area contributed by atoms with Crippen LogP contribution in [0.5, 0.6) is 0 Å². The van der Waals surface area contributed by atoms with Crippen molar-refractivity contribution >= 4 is 16.2 Å². The average Bonchev–Trinajstić information content (AvgIpc) is 1.72. The summed E-state index contributed by atoms with van der Waals surface area (Å²) in [6.45, 7) is 0. The van der Waals surface area contributed by atoms with Crippen LogP contribution in [0.15, 0.2) is 12.2 Å². The van der Waals surface area contributed by atoms with Gasteiger partial charge in [0.15, 0.2) is 0 Å². The molecule has 0 aromatic heterocycles. The van der Waals surface area contributed by atoms with Gasteiger partial charge in [-0.3, -0.25) is 0 Å². The van der Waals surface area contributed by atoms with Crippen molar-refractivity contribution in [2.24, 2.45) is 0 Å². The topological polar surface area (TPSA) is 17.1 Å². The van der Waals surface area contributed by atoms with Crippen molar-refractivity contribution in [2.45, 2.75) is 0 Å². The van der Waals surface area contributed by atoms with Gasteiger partial charge in [-0.2, -0.15) is 17.6 Å². The Balaban J connectivity index is 0. The SMILES string of the molecule is FC(F)=C(F)F.[O]=[AlH]. The molecule has 0 aliphatic heterocycles. The van der Waals surface area contributed by atoms with Crippen LogP contribution in [0.2, 0.25) is 0 Å². The second-order valence-electron chi connectivity index (χ2n) is 0.521. The Bertz CT molecular complexity index is 74.0. The van der Waals surface area contributed by atoms with Gasteiger partial charge in [0.2, 0.25) is 0 Å². The van der Waals surface area contributed by atoms with E-state index in [1.54, 1.807) is 0 Å². The van der Waals surface area contributed by atoms with Gasteiger partial charge in [0.1, 0.15) is 0 Å². The van der Waals surface area contributed by atoms with Crippen LogP contribution in [-0.2, 0) is 3.80 Å². The number of rotatable bonds is 0. The molecule has 0 amide bonds.